The minimum absolute atomic E-state index is 0.227. The number of piperidine rings is 1. The van der Waals surface area contributed by atoms with E-state index < -0.39 is 0 Å². The van der Waals surface area contributed by atoms with Crippen LogP contribution in [-0.4, -0.2) is 66.8 Å². The van der Waals surface area contributed by atoms with Crippen LogP contribution in [-0.2, 0) is 4.74 Å². The van der Waals surface area contributed by atoms with Crippen LogP contribution in [0.15, 0.2) is 12.3 Å². The molecule has 0 aliphatic carbocycles. The summed E-state index contributed by atoms with van der Waals surface area (Å²) in [5.41, 5.74) is 0. The van der Waals surface area contributed by atoms with Crippen LogP contribution in [0.1, 0.15) is 26.2 Å². The highest BCUT2D eigenvalue weighted by molar-refractivity contribution is 5.68. The first kappa shape index (κ1) is 15.8. The molecule has 0 N–H and O–H groups in total. The predicted molar refractivity (Wildman–Crippen MR) is 88.9 cm³/mol. The molecule has 0 saturated carbocycles. The molecule has 23 heavy (non-hydrogen) atoms. The van der Waals surface area contributed by atoms with E-state index in [1.54, 1.807) is 4.90 Å². The lowest BCUT2D eigenvalue weighted by atomic mass is 10.1. The maximum atomic E-state index is 11.7. The Labute approximate surface area is 137 Å². The van der Waals surface area contributed by atoms with Gasteiger partial charge in [0.05, 0.1) is 6.61 Å². The number of hydrogen-bond acceptors (Lipinski definition) is 6. The van der Waals surface area contributed by atoms with E-state index in [9.17, 15) is 4.79 Å². The average molecular weight is 319 g/mol. The normalized spacial score (nSPS) is 18.9. The summed E-state index contributed by atoms with van der Waals surface area (Å²) in [5.74, 6) is 1.78. The number of amides is 1. The standard InChI is InChI=1S/C16H25N5O2/c1-2-23-16(22)21-12-10-20(11-13-21)15-17-7-6-14(18-15)19-8-4-3-5-9-19/h6-7H,2-5,8-13H2,1H3. The van der Waals surface area contributed by atoms with Crippen molar-refractivity contribution in [3.8, 4) is 0 Å². The van der Waals surface area contributed by atoms with Gasteiger partial charge in [-0.15, -0.1) is 0 Å². The van der Waals surface area contributed by atoms with Gasteiger partial charge in [0.2, 0.25) is 5.95 Å². The van der Waals surface area contributed by atoms with Gasteiger partial charge in [0, 0.05) is 45.5 Å². The molecule has 2 aliphatic heterocycles. The van der Waals surface area contributed by atoms with Gasteiger partial charge in [-0.2, -0.15) is 4.98 Å². The van der Waals surface area contributed by atoms with Gasteiger partial charge < -0.3 is 19.4 Å². The van der Waals surface area contributed by atoms with Gasteiger partial charge in [0.1, 0.15) is 5.82 Å². The second-order valence-electron chi connectivity index (χ2n) is 5.94. The van der Waals surface area contributed by atoms with Crippen LogP contribution in [0.4, 0.5) is 16.6 Å². The van der Waals surface area contributed by atoms with Gasteiger partial charge >= 0.3 is 6.09 Å². The summed E-state index contributed by atoms with van der Waals surface area (Å²) in [4.78, 5) is 27.1. The van der Waals surface area contributed by atoms with E-state index in [4.69, 9.17) is 9.72 Å². The van der Waals surface area contributed by atoms with E-state index in [-0.39, 0.29) is 6.09 Å². The Morgan fingerprint density at radius 2 is 1.83 bits per heavy atom. The van der Waals surface area contributed by atoms with E-state index in [1.165, 1.54) is 19.3 Å². The molecule has 2 fully saturated rings. The molecule has 1 aromatic rings. The predicted octanol–water partition coefficient (Wildman–Crippen LogP) is 1.75. The minimum Gasteiger partial charge on any atom is -0.450 e. The van der Waals surface area contributed by atoms with Crippen molar-refractivity contribution < 1.29 is 9.53 Å². The zero-order valence-electron chi connectivity index (χ0n) is 13.8. The monoisotopic (exact) mass is 319 g/mol. The minimum atomic E-state index is -0.227. The molecule has 126 valence electrons. The molecule has 2 saturated heterocycles. The largest absolute Gasteiger partial charge is 0.450 e. The third-order valence-electron chi connectivity index (χ3n) is 4.40. The quantitative estimate of drug-likeness (QED) is 0.846. The number of carbonyl (C=O) groups excluding carboxylic acids is 1. The third kappa shape index (κ3) is 3.83. The first-order chi connectivity index (χ1) is 11.3. The molecule has 3 heterocycles. The maximum absolute atomic E-state index is 11.7. The molecule has 0 unspecified atom stereocenters. The van der Waals surface area contributed by atoms with Crippen LogP contribution in [0.3, 0.4) is 0 Å². The Balaban J connectivity index is 1.61. The fourth-order valence-corrected chi connectivity index (χ4v) is 3.09. The van der Waals surface area contributed by atoms with Crippen LogP contribution in [0.25, 0.3) is 0 Å². The summed E-state index contributed by atoms with van der Waals surface area (Å²) in [6, 6.07) is 1.99. The van der Waals surface area contributed by atoms with Gasteiger partial charge in [-0.1, -0.05) is 0 Å². The van der Waals surface area contributed by atoms with Crippen LogP contribution >= 0.6 is 0 Å². The molecule has 0 aromatic carbocycles. The van der Waals surface area contributed by atoms with Crippen LogP contribution in [0, 0.1) is 0 Å². The fourth-order valence-electron chi connectivity index (χ4n) is 3.09. The zero-order chi connectivity index (χ0) is 16.1. The number of ether oxygens (including phenoxy) is 1. The van der Waals surface area contributed by atoms with Gasteiger partial charge in [-0.3, -0.25) is 0 Å². The SMILES string of the molecule is CCOC(=O)N1CCN(c2nccc(N3CCCCC3)n2)CC1. The summed E-state index contributed by atoms with van der Waals surface area (Å²) >= 11 is 0. The van der Waals surface area contributed by atoms with Crippen molar-refractivity contribution in [1.29, 1.82) is 0 Å². The number of piperazine rings is 1. The van der Waals surface area contributed by atoms with E-state index >= 15 is 0 Å². The highest BCUT2D eigenvalue weighted by atomic mass is 16.6. The van der Waals surface area contributed by atoms with E-state index in [1.807, 2.05) is 19.2 Å². The second-order valence-corrected chi connectivity index (χ2v) is 5.94. The highest BCUT2D eigenvalue weighted by Gasteiger charge is 2.24. The molecule has 1 amide bonds. The van der Waals surface area contributed by atoms with Crippen molar-refractivity contribution in [2.24, 2.45) is 0 Å². The van der Waals surface area contributed by atoms with Crippen molar-refractivity contribution in [1.82, 2.24) is 14.9 Å². The van der Waals surface area contributed by atoms with E-state index in [0.29, 0.717) is 19.7 Å². The lowest BCUT2D eigenvalue weighted by molar-refractivity contribution is 0.105. The Hall–Kier alpha value is -2.05. The van der Waals surface area contributed by atoms with Crippen molar-refractivity contribution in [3.05, 3.63) is 12.3 Å². The number of hydrogen-bond donors (Lipinski definition) is 0. The van der Waals surface area contributed by atoms with Crippen LogP contribution in [0.2, 0.25) is 0 Å². The first-order valence-corrected chi connectivity index (χ1v) is 8.52. The Morgan fingerprint density at radius 1 is 1.09 bits per heavy atom. The van der Waals surface area contributed by atoms with Crippen molar-refractivity contribution in [3.63, 3.8) is 0 Å². The Bertz CT molecular complexity index is 525. The molecule has 0 spiro atoms. The van der Waals surface area contributed by atoms with Crippen LogP contribution in [0.5, 0.6) is 0 Å². The number of nitrogens with zero attached hydrogens (tertiary/aromatic N) is 5. The molecular formula is C16H25N5O2. The molecule has 3 rings (SSSR count). The number of rotatable bonds is 3. The topological polar surface area (TPSA) is 61.8 Å². The molecular weight excluding hydrogens is 294 g/mol. The van der Waals surface area contributed by atoms with Gasteiger partial charge in [-0.05, 0) is 32.3 Å². The van der Waals surface area contributed by atoms with Gasteiger partial charge in [0.15, 0.2) is 0 Å². The number of carbonyl (C=O) groups is 1. The van der Waals surface area contributed by atoms with E-state index in [0.717, 1.165) is 37.9 Å². The highest BCUT2D eigenvalue weighted by Crippen LogP contribution is 2.20. The Morgan fingerprint density at radius 3 is 2.52 bits per heavy atom. The molecule has 2 aliphatic rings. The molecule has 0 atom stereocenters. The molecule has 0 radical (unpaired) electrons. The molecule has 0 bridgehead atoms. The third-order valence-corrected chi connectivity index (χ3v) is 4.40. The number of anilines is 2. The maximum Gasteiger partial charge on any atom is 0.409 e. The molecule has 7 heteroatoms. The van der Waals surface area contributed by atoms with Crippen molar-refractivity contribution >= 4 is 17.9 Å². The van der Waals surface area contributed by atoms with Gasteiger partial charge in [-0.25, -0.2) is 9.78 Å². The summed E-state index contributed by atoms with van der Waals surface area (Å²) in [6.07, 6.45) is 5.39. The summed E-state index contributed by atoms with van der Waals surface area (Å²) < 4.78 is 5.05. The second kappa shape index (κ2) is 7.48. The summed E-state index contributed by atoms with van der Waals surface area (Å²) in [5, 5.41) is 0. The lowest BCUT2D eigenvalue weighted by Crippen LogP contribution is -2.49. The fraction of sp³-hybridized carbons (Fsp3) is 0.688. The smallest absolute Gasteiger partial charge is 0.409 e. The molecule has 7 nitrogen and oxygen atoms in total. The molecule has 1 aromatic heterocycles. The van der Waals surface area contributed by atoms with Crippen LogP contribution < -0.4 is 9.80 Å². The zero-order valence-corrected chi connectivity index (χ0v) is 13.8. The first-order valence-electron chi connectivity index (χ1n) is 8.52. The lowest BCUT2D eigenvalue weighted by Gasteiger charge is -2.34. The van der Waals surface area contributed by atoms with Crippen molar-refractivity contribution in [2.75, 3.05) is 55.7 Å². The van der Waals surface area contributed by atoms with Crippen molar-refractivity contribution in [2.45, 2.75) is 26.2 Å². The average Bonchev–Trinajstić information content (AvgIpc) is 2.63. The summed E-state index contributed by atoms with van der Waals surface area (Å²) in [6.45, 7) is 7.17. The van der Waals surface area contributed by atoms with E-state index in [2.05, 4.69) is 14.8 Å². The summed E-state index contributed by atoms with van der Waals surface area (Å²) in [7, 11) is 0. The number of aromatic nitrogens is 2. The van der Waals surface area contributed by atoms with Gasteiger partial charge in [0.25, 0.3) is 0 Å². The Kier molecular flexibility index (Phi) is 5.15.